The molecule has 1 fully saturated rings. The van der Waals surface area contributed by atoms with Crippen LogP contribution in [0.15, 0.2) is 12.1 Å². The van der Waals surface area contributed by atoms with Gasteiger partial charge in [0.2, 0.25) is 5.91 Å². The van der Waals surface area contributed by atoms with Gasteiger partial charge in [-0.25, -0.2) is 4.79 Å². The third-order valence-corrected chi connectivity index (χ3v) is 5.08. The van der Waals surface area contributed by atoms with Gasteiger partial charge in [-0.2, -0.15) is 0 Å². The molecule has 1 aromatic carbocycles. The van der Waals surface area contributed by atoms with E-state index in [1.54, 1.807) is 24.0 Å². The van der Waals surface area contributed by atoms with Crippen LogP contribution in [0.1, 0.15) is 48.5 Å². The van der Waals surface area contributed by atoms with Crippen LogP contribution in [-0.2, 0) is 14.3 Å². The lowest BCUT2D eigenvalue weighted by Crippen LogP contribution is -2.60. The molecule has 0 aromatic heterocycles. The van der Waals surface area contributed by atoms with Crippen molar-refractivity contribution in [1.82, 2.24) is 5.32 Å². The number of nitrogens with zero attached hydrogens (tertiary/aromatic N) is 1. The molecule has 0 radical (unpaired) electrons. The summed E-state index contributed by atoms with van der Waals surface area (Å²) in [6, 6.07) is 3.42. The van der Waals surface area contributed by atoms with Crippen molar-refractivity contribution in [1.29, 1.82) is 0 Å². The molecule has 0 bridgehead atoms. The number of benzene rings is 1. The number of hydrogen-bond donors (Lipinski definition) is 1. The van der Waals surface area contributed by atoms with Gasteiger partial charge < -0.3 is 19.7 Å². The molecule has 3 rings (SSSR count). The molecule has 0 unspecified atom stereocenters. The zero-order chi connectivity index (χ0) is 18.9. The van der Waals surface area contributed by atoms with Gasteiger partial charge in [0.15, 0.2) is 5.60 Å². The SMILES string of the molecule is CCC(=O)NCCN1C(=O)C2(CCC2)Oc2cc(C)c(C(=O)OC)cc21. The summed E-state index contributed by atoms with van der Waals surface area (Å²) >= 11 is 0. The highest BCUT2D eigenvalue weighted by atomic mass is 16.5. The maximum Gasteiger partial charge on any atom is 0.338 e. The number of ether oxygens (including phenoxy) is 2. The molecule has 140 valence electrons. The topological polar surface area (TPSA) is 84.9 Å². The number of esters is 1. The minimum absolute atomic E-state index is 0.0663. The van der Waals surface area contributed by atoms with Gasteiger partial charge >= 0.3 is 5.97 Å². The van der Waals surface area contributed by atoms with E-state index in [1.807, 2.05) is 6.92 Å². The molecular formula is C19H24N2O5. The standard InChI is InChI=1S/C19H24N2O5/c1-4-16(22)20-8-9-21-14-11-13(17(23)25-3)12(2)10-15(14)26-19(18(21)24)6-5-7-19/h10-11H,4-9H2,1-3H3,(H,20,22). The van der Waals surface area contributed by atoms with Crippen molar-refractivity contribution in [3.8, 4) is 5.75 Å². The fourth-order valence-electron chi connectivity index (χ4n) is 3.37. The van der Waals surface area contributed by atoms with E-state index in [4.69, 9.17) is 9.47 Å². The van der Waals surface area contributed by atoms with E-state index in [0.29, 0.717) is 49.4 Å². The van der Waals surface area contributed by atoms with Gasteiger partial charge in [0.25, 0.3) is 5.91 Å². The molecule has 1 N–H and O–H groups in total. The van der Waals surface area contributed by atoms with Gasteiger partial charge in [0, 0.05) is 19.5 Å². The van der Waals surface area contributed by atoms with Gasteiger partial charge in [-0.3, -0.25) is 9.59 Å². The summed E-state index contributed by atoms with van der Waals surface area (Å²) in [5, 5.41) is 2.79. The number of rotatable bonds is 5. The van der Waals surface area contributed by atoms with Crippen LogP contribution in [0, 0.1) is 6.92 Å². The second-order valence-electron chi connectivity index (χ2n) is 6.74. The van der Waals surface area contributed by atoms with Crippen LogP contribution in [-0.4, -0.2) is 43.6 Å². The Hall–Kier alpha value is -2.57. The summed E-state index contributed by atoms with van der Waals surface area (Å²) in [5.41, 5.74) is 0.874. The Morgan fingerprint density at radius 2 is 2.08 bits per heavy atom. The molecule has 1 spiro atoms. The molecule has 2 amide bonds. The number of carbonyl (C=O) groups is 3. The number of aryl methyl sites for hydroxylation is 1. The summed E-state index contributed by atoms with van der Waals surface area (Å²) in [5.74, 6) is -0.0395. The second kappa shape index (κ2) is 6.97. The average Bonchev–Trinajstić information content (AvgIpc) is 2.60. The lowest BCUT2D eigenvalue weighted by molar-refractivity contribution is -0.143. The Kier molecular flexibility index (Phi) is 4.89. The number of carbonyl (C=O) groups excluding carboxylic acids is 3. The number of fused-ring (bicyclic) bond motifs is 1. The molecular weight excluding hydrogens is 336 g/mol. The predicted octanol–water partition coefficient (Wildman–Crippen LogP) is 1.96. The molecule has 1 aliphatic carbocycles. The van der Waals surface area contributed by atoms with Crippen LogP contribution in [0.5, 0.6) is 5.75 Å². The van der Waals surface area contributed by atoms with E-state index >= 15 is 0 Å². The van der Waals surface area contributed by atoms with Crippen molar-refractivity contribution in [2.24, 2.45) is 0 Å². The lowest BCUT2D eigenvalue weighted by atomic mass is 9.77. The summed E-state index contributed by atoms with van der Waals surface area (Å²) in [7, 11) is 1.32. The van der Waals surface area contributed by atoms with Crippen LogP contribution in [0.2, 0.25) is 0 Å². The molecule has 2 aliphatic rings. The van der Waals surface area contributed by atoms with Crippen LogP contribution < -0.4 is 15.0 Å². The molecule has 1 saturated carbocycles. The van der Waals surface area contributed by atoms with Crippen LogP contribution in [0.4, 0.5) is 5.69 Å². The Bertz CT molecular complexity index is 755. The lowest BCUT2D eigenvalue weighted by Gasteiger charge is -2.47. The zero-order valence-electron chi connectivity index (χ0n) is 15.4. The van der Waals surface area contributed by atoms with Gasteiger partial charge in [0.1, 0.15) is 5.75 Å². The number of nitrogens with one attached hydrogen (secondary N) is 1. The largest absolute Gasteiger partial charge is 0.475 e. The molecule has 0 saturated heterocycles. The minimum Gasteiger partial charge on any atom is -0.475 e. The Morgan fingerprint density at radius 3 is 2.65 bits per heavy atom. The highest BCUT2D eigenvalue weighted by Crippen LogP contribution is 2.47. The van der Waals surface area contributed by atoms with Crippen molar-refractivity contribution < 1.29 is 23.9 Å². The first-order valence-electron chi connectivity index (χ1n) is 8.92. The monoisotopic (exact) mass is 360 g/mol. The maximum absolute atomic E-state index is 13.0. The van der Waals surface area contributed by atoms with Crippen molar-refractivity contribution >= 4 is 23.5 Å². The molecule has 7 nitrogen and oxygen atoms in total. The van der Waals surface area contributed by atoms with E-state index in [-0.39, 0.29) is 11.8 Å². The fourth-order valence-corrected chi connectivity index (χ4v) is 3.37. The van der Waals surface area contributed by atoms with Crippen LogP contribution >= 0.6 is 0 Å². The average molecular weight is 360 g/mol. The van der Waals surface area contributed by atoms with Crippen molar-refractivity contribution in [3.05, 3.63) is 23.3 Å². The predicted molar refractivity (Wildman–Crippen MR) is 95.4 cm³/mol. The first kappa shape index (κ1) is 18.2. The Labute approximate surface area is 152 Å². The van der Waals surface area contributed by atoms with Gasteiger partial charge in [-0.1, -0.05) is 6.92 Å². The van der Waals surface area contributed by atoms with Crippen molar-refractivity contribution in [2.45, 2.75) is 45.1 Å². The summed E-state index contributed by atoms with van der Waals surface area (Å²) in [4.78, 5) is 38.2. The first-order chi connectivity index (χ1) is 12.4. The van der Waals surface area contributed by atoms with Gasteiger partial charge in [-0.05, 0) is 43.9 Å². The summed E-state index contributed by atoms with van der Waals surface area (Å²) in [6.45, 7) is 4.26. The number of methoxy groups -OCH3 is 1. The van der Waals surface area contributed by atoms with Crippen molar-refractivity contribution in [2.75, 3.05) is 25.1 Å². The highest BCUT2D eigenvalue weighted by molar-refractivity contribution is 6.05. The third kappa shape index (κ3) is 3.02. The second-order valence-corrected chi connectivity index (χ2v) is 6.74. The van der Waals surface area contributed by atoms with E-state index in [0.717, 1.165) is 12.0 Å². The summed E-state index contributed by atoms with van der Waals surface area (Å²) in [6.07, 6.45) is 2.70. The number of amides is 2. The number of anilines is 1. The highest BCUT2D eigenvalue weighted by Gasteiger charge is 2.52. The minimum atomic E-state index is -0.805. The fraction of sp³-hybridized carbons (Fsp3) is 0.526. The van der Waals surface area contributed by atoms with E-state index in [9.17, 15) is 14.4 Å². The normalized spacial score (nSPS) is 17.2. The smallest absolute Gasteiger partial charge is 0.338 e. The van der Waals surface area contributed by atoms with Gasteiger partial charge in [0.05, 0.1) is 18.4 Å². The molecule has 26 heavy (non-hydrogen) atoms. The van der Waals surface area contributed by atoms with Crippen LogP contribution in [0.25, 0.3) is 0 Å². The summed E-state index contributed by atoms with van der Waals surface area (Å²) < 4.78 is 10.9. The molecule has 0 atom stereocenters. The van der Waals surface area contributed by atoms with Crippen molar-refractivity contribution in [3.63, 3.8) is 0 Å². The maximum atomic E-state index is 13.0. The van der Waals surface area contributed by atoms with Gasteiger partial charge in [-0.15, -0.1) is 0 Å². The first-order valence-corrected chi connectivity index (χ1v) is 8.92. The van der Waals surface area contributed by atoms with E-state index < -0.39 is 11.6 Å². The van der Waals surface area contributed by atoms with E-state index in [2.05, 4.69) is 5.32 Å². The number of hydrogen-bond acceptors (Lipinski definition) is 5. The van der Waals surface area contributed by atoms with Crippen LogP contribution in [0.3, 0.4) is 0 Å². The molecule has 7 heteroatoms. The third-order valence-electron chi connectivity index (χ3n) is 5.08. The molecule has 1 aromatic rings. The molecule has 1 aliphatic heterocycles. The van der Waals surface area contributed by atoms with E-state index in [1.165, 1.54) is 7.11 Å². The molecule has 1 heterocycles. The zero-order valence-corrected chi connectivity index (χ0v) is 15.4. The quantitative estimate of drug-likeness (QED) is 0.812. The Balaban J connectivity index is 1.95. The Morgan fingerprint density at radius 1 is 1.35 bits per heavy atom.